The Hall–Kier alpha value is 0. The van der Waals surface area contributed by atoms with Gasteiger partial charge < -0.3 is 0 Å². The molecule has 0 saturated heterocycles. The van der Waals surface area contributed by atoms with E-state index in [4.69, 9.17) is 0 Å². The van der Waals surface area contributed by atoms with Crippen molar-refractivity contribution in [1.82, 2.24) is 0 Å². The summed E-state index contributed by atoms with van der Waals surface area (Å²) < 4.78 is 0. The molecule has 78 valence electrons. The molecule has 1 aliphatic carbocycles. The van der Waals surface area contributed by atoms with Crippen LogP contribution in [0.3, 0.4) is 0 Å². The van der Waals surface area contributed by atoms with Crippen LogP contribution in [0.4, 0.5) is 0 Å². The minimum Gasteiger partial charge on any atom is -0.0654 e. The summed E-state index contributed by atoms with van der Waals surface area (Å²) in [5.74, 6) is 1.04. The molecule has 0 spiro atoms. The summed E-state index contributed by atoms with van der Waals surface area (Å²) in [6.07, 6.45) is 7.07. The SMILES string of the molecule is CCCC1CC1(C)CC(C)(C)CC. The van der Waals surface area contributed by atoms with Gasteiger partial charge in [0.2, 0.25) is 0 Å². The molecule has 0 aromatic heterocycles. The fourth-order valence-corrected chi connectivity index (χ4v) is 2.74. The van der Waals surface area contributed by atoms with Gasteiger partial charge in [0.15, 0.2) is 0 Å². The van der Waals surface area contributed by atoms with Crippen LogP contribution in [0.5, 0.6) is 0 Å². The van der Waals surface area contributed by atoms with E-state index in [1.54, 1.807) is 0 Å². The first-order chi connectivity index (χ1) is 5.93. The van der Waals surface area contributed by atoms with Crippen LogP contribution in [0.15, 0.2) is 0 Å². The highest BCUT2D eigenvalue weighted by Gasteiger charge is 2.50. The molecule has 1 fully saturated rings. The summed E-state index contributed by atoms with van der Waals surface area (Å²) in [7, 11) is 0. The van der Waals surface area contributed by atoms with Crippen molar-refractivity contribution in [3.8, 4) is 0 Å². The van der Waals surface area contributed by atoms with E-state index < -0.39 is 0 Å². The molecule has 1 rings (SSSR count). The molecule has 0 aromatic rings. The van der Waals surface area contributed by atoms with E-state index >= 15 is 0 Å². The monoisotopic (exact) mass is 182 g/mol. The molecular weight excluding hydrogens is 156 g/mol. The van der Waals surface area contributed by atoms with E-state index in [0.29, 0.717) is 10.8 Å². The van der Waals surface area contributed by atoms with Crippen LogP contribution < -0.4 is 0 Å². The molecule has 1 saturated carbocycles. The molecule has 0 radical (unpaired) electrons. The summed E-state index contributed by atoms with van der Waals surface area (Å²) in [6, 6.07) is 0. The Balaban J connectivity index is 2.38. The maximum absolute atomic E-state index is 2.49. The van der Waals surface area contributed by atoms with Crippen molar-refractivity contribution < 1.29 is 0 Å². The van der Waals surface area contributed by atoms with Gasteiger partial charge in [-0.25, -0.2) is 0 Å². The quantitative estimate of drug-likeness (QED) is 0.581. The van der Waals surface area contributed by atoms with Gasteiger partial charge in [0.1, 0.15) is 0 Å². The zero-order valence-corrected chi connectivity index (χ0v) is 10.1. The zero-order valence-electron chi connectivity index (χ0n) is 10.1. The molecule has 2 unspecified atom stereocenters. The van der Waals surface area contributed by atoms with Crippen molar-refractivity contribution in [2.45, 2.75) is 66.7 Å². The van der Waals surface area contributed by atoms with Gasteiger partial charge in [0.25, 0.3) is 0 Å². The number of hydrogen-bond donors (Lipinski definition) is 0. The van der Waals surface area contributed by atoms with E-state index in [1.807, 2.05) is 0 Å². The summed E-state index contributed by atoms with van der Waals surface area (Å²) in [5.41, 5.74) is 1.27. The zero-order chi connectivity index (χ0) is 10.1. The first kappa shape index (κ1) is 11.1. The molecule has 0 heteroatoms. The molecule has 1 aliphatic rings. The van der Waals surface area contributed by atoms with Gasteiger partial charge in [-0.1, -0.05) is 53.9 Å². The fourth-order valence-electron chi connectivity index (χ4n) is 2.74. The van der Waals surface area contributed by atoms with E-state index in [9.17, 15) is 0 Å². The third kappa shape index (κ3) is 2.72. The largest absolute Gasteiger partial charge is 0.0654 e. The Morgan fingerprint density at radius 1 is 1.31 bits per heavy atom. The molecule has 0 amide bonds. The van der Waals surface area contributed by atoms with E-state index in [2.05, 4.69) is 34.6 Å². The fraction of sp³-hybridized carbons (Fsp3) is 1.00. The molecule has 0 bridgehead atoms. The van der Waals surface area contributed by atoms with Gasteiger partial charge in [0.05, 0.1) is 0 Å². The Kier molecular flexibility index (Phi) is 3.09. The van der Waals surface area contributed by atoms with Crippen LogP contribution in [-0.2, 0) is 0 Å². The Bertz CT molecular complexity index is 169. The molecule has 0 nitrogen and oxygen atoms in total. The second-order valence-corrected chi connectivity index (χ2v) is 6.04. The van der Waals surface area contributed by atoms with Crippen LogP contribution in [0.1, 0.15) is 66.7 Å². The molecule has 2 atom stereocenters. The predicted octanol–water partition coefficient (Wildman–Crippen LogP) is 4.64. The van der Waals surface area contributed by atoms with Crippen molar-refractivity contribution in [1.29, 1.82) is 0 Å². The van der Waals surface area contributed by atoms with Crippen molar-refractivity contribution >= 4 is 0 Å². The van der Waals surface area contributed by atoms with Gasteiger partial charge in [-0.2, -0.15) is 0 Å². The molecular formula is C13H26. The van der Waals surface area contributed by atoms with Crippen LogP contribution in [0.2, 0.25) is 0 Å². The number of hydrogen-bond acceptors (Lipinski definition) is 0. The Morgan fingerprint density at radius 2 is 1.92 bits per heavy atom. The van der Waals surface area contributed by atoms with Crippen molar-refractivity contribution in [3.63, 3.8) is 0 Å². The summed E-state index contributed by atoms with van der Waals surface area (Å²) in [6.45, 7) is 12.0. The third-order valence-electron chi connectivity index (χ3n) is 4.01. The molecule has 0 heterocycles. The van der Waals surface area contributed by atoms with Crippen LogP contribution in [0.25, 0.3) is 0 Å². The summed E-state index contributed by atoms with van der Waals surface area (Å²) in [5, 5.41) is 0. The van der Waals surface area contributed by atoms with Crippen molar-refractivity contribution in [3.05, 3.63) is 0 Å². The molecule has 13 heavy (non-hydrogen) atoms. The lowest BCUT2D eigenvalue weighted by Gasteiger charge is -2.27. The first-order valence-electron chi connectivity index (χ1n) is 5.93. The number of rotatable bonds is 5. The van der Waals surface area contributed by atoms with Crippen molar-refractivity contribution in [2.75, 3.05) is 0 Å². The Morgan fingerprint density at radius 3 is 2.38 bits per heavy atom. The summed E-state index contributed by atoms with van der Waals surface area (Å²) in [4.78, 5) is 0. The first-order valence-corrected chi connectivity index (χ1v) is 5.93. The topological polar surface area (TPSA) is 0 Å². The highest BCUT2D eigenvalue weighted by Crippen LogP contribution is 2.60. The van der Waals surface area contributed by atoms with Gasteiger partial charge >= 0.3 is 0 Å². The van der Waals surface area contributed by atoms with E-state index in [-0.39, 0.29) is 0 Å². The van der Waals surface area contributed by atoms with Gasteiger partial charge in [0, 0.05) is 0 Å². The maximum atomic E-state index is 2.49. The molecule has 0 N–H and O–H groups in total. The lowest BCUT2D eigenvalue weighted by Crippen LogP contribution is -2.16. The average Bonchev–Trinajstić information content (AvgIpc) is 2.61. The van der Waals surface area contributed by atoms with Crippen molar-refractivity contribution in [2.24, 2.45) is 16.7 Å². The van der Waals surface area contributed by atoms with Gasteiger partial charge in [-0.15, -0.1) is 0 Å². The van der Waals surface area contributed by atoms with Gasteiger partial charge in [-0.05, 0) is 29.6 Å². The lowest BCUT2D eigenvalue weighted by atomic mass is 9.78. The lowest BCUT2D eigenvalue weighted by molar-refractivity contribution is 0.239. The minimum absolute atomic E-state index is 0.567. The average molecular weight is 182 g/mol. The Labute approximate surface area is 84.1 Å². The highest BCUT2D eigenvalue weighted by atomic mass is 14.6. The second-order valence-electron chi connectivity index (χ2n) is 6.04. The summed E-state index contributed by atoms with van der Waals surface area (Å²) >= 11 is 0. The predicted molar refractivity (Wildman–Crippen MR) is 59.8 cm³/mol. The van der Waals surface area contributed by atoms with Crippen LogP contribution >= 0.6 is 0 Å². The minimum atomic E-state index is 0.567. The smallest absolute Gasteiger partial charge is 0.0289 e. The van der Waals surface area contributed by atoms with Crippen LogP contribution in [-0.4, -0.2) is 0 Å². The van der Waals surface area contributed by atoms with E-state index in [0.717, 1.165) is 5.92 Å². The van der Waals surface area contributed by atoms with Crippen LogP contribution in [0, 0.1) is 16.7 Å². The normalized spacial score (nSPS) is 33.5. The molecule has 0 aromatic carbocycles. The maximum Gasteiger partial charge on any atom is -0.0289 e. The van der Waals surface area contributed by atoms with Gasteiger partial charge in [-0.3, -0.25) is 0 Å². The third-order valence-corrected chi connectivity index (χ3v) is 4.01. The van der Waals surface area contributed by atoms with E-state index in [1.165, 1.54) is 32.1 Å². The highest BCUT2D eigenvalue weighted by molar-refractivity contribution is 5.00. The standard InChI is InChI=1S/C13H26/c1-6-8-11-9-13(11,5)10-12(3,4)7-2/h11H,6-10H2,1-5H3. The second kappa shape index (κ2) is 3.63. The molecule has 0 aliphatic heterocycles.